The van der Waals surface area contributed by atoms with Gasteiger partial charge in [-0.05, 0) is 36.2 Å². The maximum atomic E-state index is 6.32. The topological polar surface area (TPSA) is 25.8 Å². The first-order valence-electron chi connectivity index (χ1n) is 6.54. The molecule has 0 aliphatic carbocycles. The molecule has 2 aromatic heterocycles. The maximum absolute atomic E-state index is 6.32. The number of hydrogen-bond donors (Lipinski definition) is 0. The van der Waals surface area contributed by atoms with E-state index in [1.54, 1.807) is 24.0 Å². The number of hydrogen-bond acceptors (Lipinski definition) is 3. The Balaban J connectivity index is 2.03. The second-order valence-electron chi connectivity index (χ2n) is 4.55. The van der Waals surface area contributed by atoms with Gasteiger partial charge in [-0.3, -0.25) is 4.98 Å². The molecule has 3 aromatic rings. The highest BCUT2D eigenvalue weighted by atomic mass is 35.5. The van der Waals surface area contributed by atoms with Gasteiger partial charge in [0.1, 0.15) is 5.03 Å². The highest BCUT2D eigenvalue weighted by Gasteiger charge is 2.10. The van der Waals surface area contributed by atoms with Gasteiger partial charge < -0.3 is 0 Å². The molecule has 1 aromatic carbocycles. The summed E-state index contributed by atoms with van der Waals surface area (Å²) in [5.74, 6) is 0. The van der Waals surface area contributed by atoms with Crippen molar-refractivity contribution >= 4 is 45.9 Å². The fourth-order valence-corrected chi connectivity index (χ4v) is 3.61. The highest BCUT2D eigenvalue weighted by Crippen LogP contribution is 2.36. The van der Waals surface area contributed by atoms with E-state index in [0.29, 0.717) is 10.0 Å². The molecule has 0 atom stereocenters. The molecule has 0 unspecified atom stereocenters. The minimum Gasteiger partial charge on any atom is -0.256 e. The van der Waals surface area contributed by atoms with Gasteiger partial charge in [0.05, 0.1) is 10.5 Å². The van der Waals surface area contributed by atoms with E-state index in [1.807, 2.05) is 24.4 Å². The number of benzene rings is 1. The zero-order valence-corrected chi connectivity index (χ0v) is 13.6. The van der Waals surface area contributed by atoms with Crippen LogP contribution in [0.4, 0.5) is 0 Å². The number of halogens is 2. The largest absolute Gasteiger partial charge is 0.256 e. The summed E-state index contributed by atoms with van der Waals surface area (Å²) in [5, 5.41) is 3.05. The first kappa shape index (κ1) is 14.6. The van der Waals surface area contributed by atoms with Crippen LogP contribution in [-0.2, 0) is 6.42 Å². The van der Waals surface area contributed by atoms with Crippen molar-refractivity contribution in [2.75, 3.05) is 0 Å². The Morgan fingerprint density at radius 1 is 1.10 bits per heavy atom. The van der Waals surface area contributed by atoms with Gasteiger partial charge >= 0.3 is 0 Å². The van der Waals surface area contributed by atoms with E-state index >= 15 is 0 Å². The van der Waals surface area contributed by atoms with Gasteiger partial charge in [-0.1, -0.05) is 48.0 Å². The van der Waals surface area contributed by atoms with Crippen molar-refractivity contribution in [1.29, 1.82) is 0 Å². The normalized spacial score (nSPS) is 11.0. The molecule has 0 bridgehead atoms. The Kier molecular flexibility index (Phi) is 4.34. The van der Waals surface area contributed by atoms with Crippen LogP contribution in [0.2, 0.25) is 10.0 Å². The second kappa shape index (κ2) is 6.22. The van der Waals surface area contributed by atoms with Crippen LogP contribution >= 0.6 is 35.0 Å². The Labute approximate surface area is 137 Å². The molecule has 3 rings (SSSR count). The van der Waals surface area contributed by atoms with E-state index in [0.717, 1.165) is 27.2 Å². The van der Waals surface area contributed by atoms with Crippen molar-refractivity contribution < 1.29 is 0 Å². The summed E-state index contributed by atoms with van der Waals surface area (Å²) in [4.78, 5) is 9.83. The van der Waals surface area contributed by atoms with Crippen LogP contribution in [0.25, 0.3) is 10.9 Å². The molecule has 0 fully saturated rings. The van der Waals surface area contributed by atoms with Crippen molar-refractivity contribution in [2.24, 2.45) is 0 Å². The van der Waals surface area contributed by atoms with Crippen molar-refractivity contribution in [3.8, 4) is 0 Å². The van der Waals surface area contributed by atoms with E-state index in [1.165, 1.54) is 5.56 Å². The average Bonchev–Trinajstić information content (AvgIpc) is 2.47. The van der Waals surface area contributed by atoms with Crippen molar-refractivity contribution in [3.63, 3.8) is 0 Å². The van der Waals surface area contributed by atoms with Crippen LogP contribution in [0.1, 0.15) is 12.5 Å². The minimum absolute atomic E-state index is 0.590. The fourth-order valence-electron chi connectivity index (χ4n) is 2.05. The molecule has 0 N–H and O–H groups in total. The first-order valence-corrected chi connectivity index (χ1v) is 8.11. The van der Waals surface area contributed by atoms with Gasteiger partial charge in [-0.15, -0.1) is 0 Å². The molecule has 0 spiro atoms. The standard InChI is InChI=1S/C16H12Cl2N2S/c1-2-10-3-4-15(20-9-10)21-14-5-6-19-13-8-11(17)7-12(18)16(13)14/h3-9H,2H2,1H3. The Morgan fingerprint density at radius 2 is 1.95 bits per heavy atom. The van der Waals surface area contributed by atoms with Crippen LogP contribution in [0.3, 0.4) is 0 Å². The highest BCUT2D eigenvalue weighted by molar-refractivity contribution is 7.99. The molecule has 0 radical (unpaired) electrons. The zero-order valence-electron chi connectivity index (χ0n) is 11.3. The van der Waals surface area contributed by atoms with E-state index in [4.69, 9.17) is 23.2 Å². The number of nitrogens with zero attached hydrogens (tertiary/aromatic N) is 2. The summed E-state index contributed by atoms with van der Waals surface area (Å²) in [6.45, 7) is 2.11. The summed E-state index contributed by atoms with van der Waals surface area (Å²) in [6.07, 6.45) is 4.66. The lowest BCUT2D eigenvalue weighted by Gasteiger charge is -2.08. The van der Waals surface area contributed by atoms with Crippen LogP contribution in [0, 0.1) is 0 Å². The van der Waals surface area contributed by atoms with Crippen molar-refractivity contribution in [1.82, 2.24) is 9.97 Å². The van der Waals surface area contributed by atoms with Crippen LogP contribution in [0.5, 0.6) is 0 Å². The predicted octanol–water partition coefficient (Wildman–Crippen LogP) is 5.65. The van der Waals surface area contributed by atoms with Gasteiger partial charge in [-0.25, -0.2) is 4.98 Å². The lowest BCUT2D eigenvalue weighted by Crippen LogP contribution is -1.87. The summed E-state index contributed by atoms with van der Waals surface area (Å²) in [6, 6.07) is 9.63. The van der Waals surface area contributed by atoms with E-state index in [-0.39, 0.29) is 0 Å². The molecule has 0 saturated carbocycles. The van der Waals surface area contributed by atoms with E-state index in [2.05, 4.69) is 23.0 Å². The van der Waals surface area contributed by atoms with Crippen LogP contribution in [-0.4, -0.2) is 9.97 Å². The van der Waals surface area contributed by atoms with Gasteiger partial charge in [-0.2, -0.15) is 0 Å². The minimum atomic E-state index is 0.590. The average molecular weight is 335 g/mol. The SMILES string of the molecule is CCc1ccc(Sc2ccnc3cc(Cl)cc(Cl)c23)nc1. The van der Waals surface area contributed by atoms with Crippen molar-refractivity contribution in [3.05, 3.63) is 58.3 Å². The molecule has 106 valence electrons. The summed E-state index contributed by atoms with van der Waals surface area (Å²) >= 11 is 13.9. The molecular weight excluding hydrogens is 323 g/mol. The third-order valence-corrected chi connectivity index (χ3v) is 4.67. The van der Waals surface area contributed by atoms with Gasteiger partial charge in [0.2, 0.25) is 0 Å². The molecule has 0 aliphatic rings. The van der Waals surface area contributed by atoms with E-state index in [9.17, 15) is 0 Å². The summed E-state index contributed by atoms with van der Waals surface area (Å²) < 4.78 is 0. The Hall–Kier alpha value is -1.29. The third kappa shape index (κ3) is 3.15. The number of aryl methyl sites for hydroxylation is 1. The molecule has 0 aliphatic heterocycles. The van der Waals surface area contributed by atoms with Gasteiger partial charge in [0, 0.05) is 27.7 Å². The number of rotatable bonds is 3. The predicted molar refractivity (Wildman–Crippen MR) is 89.5 cm³/mol. The van der Waals surface area contributed by atoms with Gasteiger partial charge in [0.15, 0.2) is 0 Å². The van der Waals surface area contributed by atoms with Crippen molar-refractivity contribution in [2.45, 2.75) is 23.3 Å². The second-order valence-corrected chi connectivity index (χ2v) is 6.46. The zero-order chi connectivity index (χ0) is 14.8. The van der Waals surface area contributed by atoms with E-state index < -0.39 is 0 Å². The van der Waals surface area contributed by atoms with Crippen LogP contribution in [0.15, 0.2) is 52.6 Å². The Morgan fingerprint density at radius 3 is 2.67 bits per heavy atom. The number of pyridine rings is 2. The first-order chi connectivity index (χ1) is 10.2. The molecule has 21 heavy (non-hydrogen) atoms. The lowest BCUT2D eigenvalue weighted by molar-refractivity contribution is 1.04. The number of aromatic nitrogens is 2. The quantitative estimate of drug-likeness (QED) is 0.618. The third-order valence-electron chi connectivity index (χ3n) is 3.14. The Bertz CT molecular complexity index is 788. The molecular formula is C16H12Cl2N2S. The maximum Gasteiger partial charge on any atom is 0.101 e. The molecule has 0 amide bonds. The lowest BCUT2D eigenvalue weighted by atomic mass is 10.2. The van der Waals surface area contributed by atoms with Gasteiger partial charge in [0.25, 0.3) is 0 Å². The molecule has 2 nitrogen and oxygen atoms in total. The molecule has 0 saturated heterocycles. The molecule has 5 heteroatoms. The summed E-state index contributed by atoms with van der Waals surface area (Å²) in [7, 11) is 0. The smallest absolute Gasteiger partial charge is 0.101 e. The summed E-state index contributed by atoms with van der Waals surface area (Å²) in [5.41, 5.74) is 2.02. The monoisotopic (exact) mass is 334 g/mol. The fraction of sp³-hybridized carbons (Fsp3) is 0.125. The number of fused-ring (bicyclic) bond motifs is 1. The van der Waals surface area contributed by atoms with Crippen LogP contribution < -0.4 is 0 Å². The molecule has 2 heterocycles.